The molecule has 2 aliphatic rings. The van der Waals surface area contributed by atoms with Crippen molar-refractivity contribution in [1.29, 1.82) is 0 Å². The smallest absolute Gasteiger partial charge is 0.416 e. The number of benzene rings is 2. The number of ether oxygens (including phenoxy) is 1. The van der Waals surface area contributed by atoms with Crippen molar-refractivity contribution in [2.45, 2.75) is 51.1 Å². The highest BCUT2D eigenvalue weighted by Gasteiger charge is 2.40. The fraction of sp³-hybridized carbons (Fsp3) is 0.357. The Morgan fingerprint density at radius 1 is 1.17 bits per heavy atom. The maximum atomic E-state index is 14.0. The van der Waals surface area contributed by atoms with E-state index in [1.807, 2.05) is 0 Å². The van der Waals surface area contributed by atoms with E-state index >= 15 is 0 Å². The lowest BCUT2D eigenvalue weighted by atomic mass is 9.96. The van der Waals surface area contributed by atoms with Crippen LogP contribution in [0, 0.1) is 0 Å². The summed E-state index contributed by atoms with van der Waals surface area (Å²) in [6.07, 6.45) is -5.43. The molecule has 1 amide bonds. The van der Waals surface area contributed by atoms with Crippen LogP contribution < -0.4 is 15.4 Å². The lowest BCUT2D eigenvalue weighted by Gasteiger charge is -2.24. The number of β-amino-alcohol motifs (C(OH)–C–C–N with tert-alkyl or cyclic N) is 1. The number of hydrogen-bond donors (Lipinski definition) is 2. The van der Waals surface area contributed by atoms with Gasteiger partial charge in [0.1, 0.15) is 5.60 Å². The average molecular weight is 623 g/mol. The molecule has 1 fully saturated rings. The quantitative estimate of drug-likeness (QED) is 0.459. The van der Waals surface area contributed by atoms with Gasteiger partial charge in [-0.1, -0.05) is 35.1 Å². The predicted octanol–water partition coefficient (Wildman–Crippen LogP) is 3.85. The fourth-order valence-corrected chi connectivity index (χ4v) is 6.10. The van der Waals surface area contributed by atoms with E-state index in [1.54, 1.807) is 39.0 Å². The molecular formula is C28H26ClF3N4O5S. The molecular weight excluding hydrogens is 597 g/mol. The number of amides is 1. The van der Waals surface area contributed by atoms with Crippen LogP contribution in [0.4, 0.5) is 18.0 Å². The normalized spacial score (nSPS) is 19.1. The predicted molar refractivity (Wildman–Crippen MR) is 151 cm³/mol. The first-order valence-corrected chi connectivity index (χ1v) is 14.0. The first-order chi connectivity index (χ1) is 19.6. The van der Waals surface area contributed by atoms with E-state index < -0.39 is 46.3 Å². The number of aliphatic hydroxyl groups excluding tert-OH is 1. The van der Waals surface area contributed by atoms with Gasteiger partial charge in [0.15, 0.2) is 0 Å². The lowest BCUT2D eigenvalue weighted by molar-refractivity contribution is -0.138. The summed E-state index contributed by atoms with van der Waals surface area (Å²) in [4.78, 5) is 26.5. The van der Waals surface area contributed by atoms with Gasteiger partial charge < -0.3 is 19.8 Å². The topological polar surface area (TPSA) is 117 Å². The molecule has 14 heteroatoms. The van der Waals surface area contributed by atoms with Crippen LogP contribution in [-0.4, -0.2) is 56.8 Å². The second-order valence-electron chi connectivity index (χ2n) is 11.0. The van der Waals surface area contributed by atoms with Gasteiger partial charge in [-0.25, -0.2) is 4.79 Å². The average Bonchev–Trinajstić information content (AvgIpc) is 3.58. The first-order valence-electron chi connectivity index (χ1n) is 12.8. The largest absolute Gasteiger partial charge is 0.493 e. The van der Waals surface area contributed by atoms with Crippen molar-refractivity contribution in [1.82, 2.24) is 9.47 Å². The number of aliphatic hydroxyl groups is 1. The van der Waals surface area contributed by atoms with Gasteiger partial charge in [-0.15, -0.1) is 0 Å². The van der Waals surface area contributed by atoms with E-state index in [0.717, 1.165) is 10.6 Å². The minimum atomic E-state index is -4.71. The number of aromatic nitrogens is 1. The standard InChI is InChI=1S/C28H26ClF3N4O5S/c1-27(2,3)41-25(39)35-12-21(22(37)13-35)36-24(38)23(42-26(36)40)18(14-5-7-20-16(8-14)11-33-34-20)9-15-4-6-17(29)10-19(15)28(30,31)32/h4-8,10-11,21-22,37-38H,9,12-13H2,1-3H3. The van der Waals surface area contributed by atoms with Crippen molar-refractivity contribution in [3.8, 4) is 5.88 Å². The molecule has 42 heavy (non-hydrogen) atoms. The Balaban J connectivity index is 1.62. The van der Waals surface area contributed by atoms with Crippen molar-refractivity contribution < 1.29 is 32.9 Å². The van der Waals surface area contributed by atoms with Gasteiger partial charge in [-0.05, 0) is 61.4 Å². The Kier molecular flexibility index (Phi) is 7.71. The number of fused-ring (bicyclic) bond motifs is 1. The summed E-state index contributed by atoms with van der Waals surface area (Å²) in [5, 5.41) is 30.9. The number of halogens is 4. The number of thiazole rings is 1. The van der Waals surface area contributed by atoms with Crippen LogP contribution in [0.1, 0.15) is 48.4 Å². The summed E-state index contributed by atoms with van der Waals surface area (Å²) in [7, 11) is 0. The minimum Gasteiger partial charge on any atom is -0.493 e. The van der Waals surface area contributed by atoms with Gasteiger partial charge in [-0.2, -0.15) is 23.4 Å². The summed E-state index contributed by atoms with van der Waals surface area (Å²) >= 11 is 6.52. The molecule has 0 bridgehead atoms. The fourth-order valence-electron chi connectivity index (χ4n) is 4.93. The van der Waals surface area contributed by atoms with Crippen molar-refractivity contribution in [2.75, 3.05) is 13.1 Å². The number of rotatable bonds is 4. The molecule has 0 saturated carbocycles. The van der Waals surface area contributed by atoms with E-state index in [-0.39, 0.29) is 40.5 Å². The second kappa shape index (κ2) is 10.9. The molecule has 2 atom stereocenters. The van der Waals surface area contributed by atoms with Crippen molar-refractivity contribution in [2.24, 2.45) is 10.2 Å². The van der Waals surface area contributed by atoms with Gasteiger partial charge >= 0.3 is 17.1 Å². The van der Waals surface area contributed by atoms with E-state index in [9.17, 15) is 33.0 Å². The maximum Gasteiger partial charge on any atom is 0.416 e. The van der Waals surface area contributed by atoms with Gasteiger partial charge in [0, 0.05) is 23.6 Å². The molecule has 3 aromatic rings. The summed E-state index contributed by atoms with van der Waals surface area (Å²) in [6, 6.07) is 7.34. The molecule has 222 valence electrons. The lowest BCUT2D eigenvalue weighted by Crippen LogP contribution is -2.36. The van der Waals surface area contributed by atoms with Gasteiger partial charge in [0.05, 0.1) is 40.7 Å². The summed E-state index contributed by atoms with van der Waals surface area (Å²) in [5.41, 5.74) is -1.01. The number of carbonyl (C=O) groups excluding carboxylic acids is 1. The number of nitrogens with zero attached hydrogens (tertiary/aromatic N) is 4. The monoisotopic (exact) mass is 622 g/mol. The number of aromatic hydroxyl groups is 1. The molecule has 3 heterocycles. The van der Waals surface area contributed by atoms with Crippen LogP contribution in [0.25, 0.3) is 5.57 Å². The summed E-state index contributed by atoms with van der Waals surface area (Å²) in [6.45, 7) is 4.81. The Bertz CT molecular complexity index is 1780. The zero-order chi connectivity index (χ0) is 30.6. The molecule has 2 aromatic carbocycles. The highest BCUT2D eigenvalue weighted by atomic mass is 35.5. The van der Waals surface area contributed by atoms with Crippen LogP contribution >= 0.6 is 22.9 Å². The zero-order valence-corrected chi connectivity index (χ0v) is 24.2. The highest BCUT2D eigenvalue weighted by Crippen LogP contribution is 2.38. The number of alkyl halides is 3. The zero-order valence-electron chi connectivity index (χ0n) is 22.6. The van der Waals surface area contributed by atoms with Crippen LogP contribution in [-0.2, 0) is 17.3 Å². The highest BCUT2D eigenvalue weighted by molar-refractivity contribution is 7.10. The number of likely N-dealkylation sites (tertiary alicyclic amines) is 1. The molecule has 0 aliphatic carbocycles. The molecule has 2 aliphatic heterocycles. The van der Waals surface area contributed by atoms with Gasteiger partial charge in [0.25, 0.3) is 0 Å². The molecule has 5 rings (SSSR count). The van der Waals surface area contributed by atoms with Crippen LogP contribution in [0.3, 0.4) is 0 Å². The molecule has 1 saturated heterocycles. The number of carbonyl (C=O) groups is 1. The van der Waals surface area contributed by atoms with Crippen LogP contribution in [0.2, 0.25) is 5.02 Å². The van der Waals surface area contributed by atoms with Crippen LogP contribution in [0.5, 0.6) is 5.88 Å². The first kappa shape index (κ1) is 29.8. The molecule has 2 N–H and O–H groups in total. The third-order valence-electron chi connectivity index (χ3n) is 6.82. The molecule has 0 spiro atoms. The molecule has 0 radical (unpaired) electrons. The SMILES string of the molecule is CC(C)(C)OC(=O)N1CC(O)C(n2c(O)c(C(Cc3ccc(Cl)cc3C(F)(F)F)=c3ccc4c(c3)C=NN=4)sc2=O)C1. The second-order valence-corrected chi connectivity index (χ2v) is 12.4. The minimum absolute atomic E-state index is 0.0258. The van der Waals surface area contributed by atoms with E-state index in [0.29, 0.717) is 27.5 Å². The van der Waals surface area contributed by atoms with Gasteiger partial charge in [0.2, 0.25) is 5.88 Å². The Labute approximate surface area is 246 Å². The molecule has 1 aromatic heterocycles. The Morgan fingerprint density at radius 2 is 1.90 bits per heavy atom. The molecule has 9 nitrogen and oxygen atoms in total. The van der Waals surface area contributed by atoms with Crippen molar-refractivity contribution in [3.63, 3.8) is 0 Å². The van der Waals surface area contributed by atoms with Crippen molar-refractivity contribution >= 4 is 40.8 Å². The van der Waals surface area contributed by atoms with Gasteiger partial charge in [-0.3, -0.25) is 9.36 Å². The maximum absolute atomic E-state index is 14.0. The Morgan fingerprint density at radius 3 is 2.60 bits per heavy atom. The summed E-state index contributed by atoms with van der Waals surface area (Å²) < 4.78 is 48.3. The van der Waals surface area contributed by atoms with E-state index in [2.05, 4.69) is 10.2 Å². The van der Waals surface area contributed by atoms with E-state index in [4.69, 9.17) is 16.3 Å². The third kappa shape index (κ3) is 5.94. The Hall–Kier alpha value is -3.68. The van der Waals surface area contributed by atoms with Crippen LogP contribution in [0.15, 0.2) is 51.4 Å². The summed E-state index contributed by atoms with van der Waals surface area (Å²) in [5.74, 6) is -0.531. The third-order valence-corrected chi connectivity index (χ3v) is 8.06. The van der Waals surface area contributed by atoms with Crippen molar-refractivity contribution in [3.05, 3.63) is 83.2 Å². The molecule has 2 unspecified atom stereocenters. The van der Waals surface area contributed by atoms with E-state index in [1.165, 1.54) is 23.2 Å². The number of hydrogen-bond acceptors (Lipinski definition) is 8.